The summed E-state index contributed by atoms with van der Waals surface area (Å²) >= 11 is 1.38. The molecule has 8 heteroatoms. The summed E-state index contributed by atoms with van der Waals surface area (Å²) in [6.45, 7) is 2.10. The van der Waals surface area contributed by atoms with Crippen molar-refractivity contribution < 1.29 is 14.3 Å². The first-order valence-electron chi connectivity index (χ1n) is 10.6. The van der Waals surface area contributed by atoms with Gasteiger partial charge in [-0.2, -0.15) is 0 Å². The molecule has 3 aromatic rings. The van der Waals surface area contributed by atoms with E-state index >= 15 is 0 Å². The molecule has 2 amide bonds. The van der Waals surface area contributed by atoms with E-state index in [2.05, 4.69) is 10.3 Å². The quantitative estimate of drug-likeness (QED) is 0.532. The Kier molecular flexibility index (Phi) is 7.11. The summed E-state index contributed by atoms with van der Waals surface area (Å²) in [4.78, 5) is 31.0. The first kappa shape index (κ1) is 22.0. The summed E-state index contributed by atoms with van der Waals surface area (Å²) in [6.07, 6.45) is 5.74. The van der Waals surface area contributed by atoms with Crippen LogP contribution in [0.5, 0.6) is 5.75 Å². The molecule has 1 fully saturated rings. The van der Waals surface area contributed by atoms with Gasteiger partial charge in [-0.15, -0.1) is 0 Å². The Morgan fingerprint density at radius 2 is 1.78 bits per heavy atom. The highest BCUT2D eigenvalue weighted by Crippen LogP contribution is 2.22. The van der Waals surface area contributed by atoms with Crippen LogP contribution in [0.3, 0.4) is 0 Å². The number of imidazole rings is 1. The Bertz CT molecular complexity index is 1060. The third-order valence-corrected chi connectivity index (χ3v) is 6.34. The predicted molar refractivity (Wildman–Crippen MR) is 124 cm³/mol. The Hall–Kier alpha value is -3.26. The van der Waals surface area contributed by atoms with Gasteiger partial charge in [-0.05, 0) is 54.8 Å². The molecule has 1 N–H and O–H groups in total. The van der Waals surface area contributed by atoms with Gasteiger partial charge in [0.15, 0.2) is 5.16 Å². The molecule has 0 atom stereocenters. The van der Waals surface area contributed by atoms with E-state index in [9.17, 15) is 9.59 Å². The van der Waals surface area contributed by atoms with Crippen LogP contribution in [0.2, 0.25) is 0 Å². The van der Waals surface area contributed by atoms with Crippen molar-refractivity contribution in [2.24, 2.45) is 0 Å². The number of nitrogens with one attached hydrogen (secondary N) is 1. The van der Waals surface area contributed by atoms with Gasteiger partial charge >= 0.3 is 0 Å². The lowest BCUT2D eigenvalue weighted by Crippen LogP contribution is -2.27. The van der Waals surface area contributed by atoms with Gasteiger partial charge in [0.2, 0.25) is 5.91 Å². The third-order valence-electron chi connectivity index (χ3n) is 5.37. The van der Waals surface area contributed by atoms with E-state index in [0.29, 0.717) is 12.1 Å². The zero-order valence-electron chi connectivity index (χ0n) is 18.0. The molecular formula is C24H26N4O3S. The maximum absolute atomic E-state index is 12.4. The molecule has 2 aromatic carbocycles. The highest BCUT2D eigenvalue weighted by atomic mass is 32.2. The van der Waals surface area contributed by atoms with Gasteiger partial charge in [-0.1, -0.05) is 23.9 Å². The Morgan fingerprint density at radius 3 is 2.47 bits per heavy atom. The fraction of sp³-hybridized carbons (Fsp3) is 0.292. The minimum absolute atomic E-state index is 0.0727. The van der Waals surface area contributed by atoms with Crippen molar-refractivity contribution in [3.8, 4) is 11.4 Å². The van der Waals surface area contributed by atoms with Crippen LogP contribution < -0.4 is 10.1 Å². The topological polar surface area (TPSA) is 76.5 Å². The zero-order valence-corrected chi connectivity index (χ0v) is 18.8. The first-order valence-corrected chi connectivity index (χ1v) is 11.6. The molecule has 4 rings (SSSR count). The molecule has 1 aromatic heterocycles. The summed E-state index contributed by atoms with van der Waals surface area (Å²) in [5.41, 5.74) is 2.61. The van der Waals surface area contributed by atoms with Crippen molar-refractivity contribution in [2.75, 3.05) is 26.0 Å². The van der Waals surface area contributed by atoms with Crippen LogP contribution in [0.25, 0.3) is 5.69 Å². The van der Waals surface area contributed by atoms with E-state index in [1.165, 1.54) is 11.8 Å². The number of hydrogen-bond acceptors (Lipinski definition) is 5. The average molecular weight is 451 g/mol. The number of thioether (sulfide) groups is 1. The Morgan fingerprint density at radius 1 is 1.06 bits per heavy atom. The maximum Gasteiger partial charge on any atom is 0.253 e. The maximum atomic E-state index is 12.4. The molecule has 0 saturated carbocycles. The van der Waals surface area contributed by atoms with Crippen molar-refractivity contribution in [3.63, 3.8) is 0 Å². The second kappa shape index (κ2) is 10.4. The van der Waals surface area contributed by atoms with Gasteiger partial charge in [0.25, 0.3) is 5.91 Å². The van der Waals surface area contributed by atoms with Crippen LogP contribution >= 0.6 is 11.8 Å². The average Bonchev–Trinajstić information content (AvgIpc) is 3.54. The number of carbonyl (C=O) groups excluding carboxylic acids is 2. The largest absolute Gasteiger partial charge is 0.497 e. The fourth-order valence-electron chi connectivity index (χ4n) is 3.59. The molecule has 0 radical (unpaired) electrons. The Labute approximate surface area is 191 Å². The minimum atomic E-state index is -0.0727. The molecular weight excluding hydrogens is 424 g/mol. The highest BCUT2D eigenvalue weighted by molar-refractivity contribution is 7.99. The van der Waals surface area contributed by atoms with Crippen LogP contribution in [0.4, 0.5) is 0 Å². The summed E-state index contributed by atoms with van der Waals surface area (Å²) in [5.74, 6) is 1.06. The number of amides is 2. The van der Waals surface area contributed by atoms with Gasteiger partial charge < -0.3 is 15.0 Å². The molecule has 0 spiro atoms. The van der Waals surface area contributed by atoms with Crippen LogP contribution in [0.15, 0.2) is 66.1 Å². The monoisotopic (exact) mass is 450 g/mol. The molecule has 2 heterocycles. The molecule has 0 aliphatic carbocycles. The number of benzene rings is 2. The lowest BCUT2D eigenvalue weighted by molar-refractivity contribution is -0.118. The molecule has 0 unspecified atom stereocenters. The van der Waals surface area contributed by atoms with Crippen molar-refractivity contribution in [3.05, 3.63) is 72.1 Å². The number of carbonyl (C=O) groups is 2. The molecule has 32 heavy (non-hydrogen) atoms. The van der Waals surface area contributed by atoms with Crippen molar-refractivity contribution in [2.45, 2.75) is 24.5 Å². The van der Waals surface area contributed by atoms with Gasteiger partial charge in [-0.3, -0.25) is 14.2 Å². The third kappa shape index (κ3) is 5.31. The first-order chi connectivity index (χ1) is 15.6. The molecule has 7 nitrogen and oxygen atoms in total. The van der Waals surface area contributed by atoms with E-state index in [-0.39, 0.29) is 17.6 Å². The molecule has 1 aliphatic heterocycles. The van der Waals surface area contributed by atoms with E-state index in [0.717, 1.165) is 48.1 Å². The van der Waals surface area contributed by atoms with E-state index < -0.39 is 0 Å². The van der Waals surface area contributed by atoms with Crippen LogP contribution in [-0.4, -0.2) is 52.2 Å². The molecule has 0 bridgehead atoms. The standard InChI is InChI=1S/C24H26N4O3S/c1-31-21-10-8-20(9-11-21)28-15-12-25-24(28)32-17-22(29)26-16-18-4-6-19(7-5-18)23(30)27-13-2-3-14-27/h4-12,15H,2-3,13-14,16-17H2,1H3,(H,26,29). The number of aromatic nitrogens is 2. The molecule has 1 aliphatic rings. The number of nitrogens with zero attached hydrogens (tertiary/aromatic N) is 3. The number of likely N-dealkylation sites (tertiary alicyclic amines) is 1. The van der Waals surface area contributed by atoms with Gasteiger partial charge in [0.1, 0.15) is 5.75 Å². The normalized spacial score (nSPS) is 13.2. The second-order valence-electron chi connectivity index (χ2n) is 7.54. The van der Waals surface area contributed by atoms with Crippen molar-refractivity contribution in [1.29, 1.82) is 0 Å². The van der Waals surface area contributed by atoms with Gasteiger partial charge in [0, 0.05) is 43.3 Å². The van der Waals surface area contributed by atoms with Crippen molar-refractivity contribution in [1.82, 2.24) is 19.8 Å². The molecule has 166 valence electrons. The SMILES string of the molecule is COc1ccc(-n2ccnc2SCC(=O)NCc2ccc(C(=O)N3CCCC3)cc2)cc1. The Balaban J connectivity index is 1.27. The zero-order chi connectivity index (χ0) is 22.3. The highest BCUT2D eigenvalue weighted by Gasteiger charge is 2.19. The van der Waals surface area contributed by atoms with E-state index in [1.54, 1.807) is 13.3 Å². The number of ether oxygens (including phenoxy) is 1. The second-order valence-corrected chi connectivity index (χ2v) is 8.48. The van der Waals surface area contributed by atoms with Gasteiger partial charge in [-0.25, -0.2) is 4.98 Å². The smallest absolute Gasteiger partial charge is 0.253 e. The summed E-state index contributed by atoms with van der Waals surface area (Å²) in [5, 5.41) is 3.68. The van der Waals surface area contributed by atoms with Gasteiger partial charge in [0.05, 0.1) is 12.9 Å². The lowest BCUT2D eigenvalue weighted by atomic mass is 10.1. The molecule has 1 saturated heterocycles. The fourth-order valence-corrected chi connectivity index (χ4v) is 4.39. The minimum Gasteiger partial charge on any atom is -0.497 e. The number of rotatable bonds is 8. The summed E-state index contributed by atoms with van der Waals surface area (Å²) in [6, 6.07) is 15.1. The van der Waals surface area contributed by atoms with Crippen molar-refractivity contribution >= 4 is 23.6 Å². The summed E-state index contributed by atoms with van der Waals surface area (Å²) < 4.78 is 7.14. The van der Waals surface area contributed by atoms with E-state index in [1.807, 2.05) is 64.2 Å². The lowest BCUT2D eigenvalue weighted by Gasteiger charge is -2.15. The van der Waals surface area contributed by atoms with Crippen LogP contribution in [-0.2, 0) is 11.3 Å². The number of hydrogen-bond donors (Lipinski definition) is 1. The van der Waals surface area contributed by atoms with Crippen LogP contribution in [0.1, 0.15) is 28.8 Å². The van der Waals surface area contributed by atoms with Crippen LogP contribution in [0, 0.1) is 0 Å². The number of methoxy groups -OCH3 is 1. The van der Waals surface area contributed by atoms with E-state index in [4.69, 9.17) is 4.74 Å². The summed E-state index contributed by atoms with van der Waals surface area (Å²) in [7, 11) is 1.63. The predicted octanol–water partition coefficient (Wildman–Crippen LogP) is 3.53.